The van der Waals surface area contributed by atoms with Crippen molar-refractivity contribution in [2.45, 2.75) is 25.1 Å². The fourth-order valence-electron chi connectivity index (χ4n) is 3.91. The number of ether oxygens (including phenoxy) is 1. The molecule has 2 aliphatic heterocycles. The molecule has 144 valence electrons. The molecule has 7 nitrogen and oxygen atoms in total. The Labute approximate surface area is 152 Å². The number of nitrogens with zero attached hydrogens (tertiary/aromatic N) is 2. The van der Waals surface area contributed by atoms with Gasteiger partial charge in [0.15, 0.2) is 11.6 Å². The highest BCUT2D eigenvalue weighted by molar-refractivity contribution is 5.97. The second-order valence-electron chi connectivity index (χ2n) is 7.20. The third-order valence-electron chi connectivity index (χ3n) is 5.33. The minimum Gasteiger partial charge on any atom is -0.487 e. The molecule has 0 saturated carbocycles. The van der Waals surface area contributed by atoms with Crippen LogP contribution in [0, 0.1) is 5.82 Å². The van der Waals surface area contributed by atoms with E-state index in [2.05, 4.69) is 0 Å². The number of nitrogens with two attached hydrogens (primary N) is 1. The normalized spacial score (nSPS) is 24.3. The van der Waals surface area contributed by atoms with Crippen LogP contribution in [-0.4, -0.2) is 47.6 Å². The van der Waals surface area contributed by atoms with E-state index in [-0.39, 0.29) is 49.5 Å². The number of rotatable bonds is 3. The van der Waals surface area contributed by atoms with Gasteiger partial charge in [-0.3, -0.25) is 9.36 Å². The summed E-state index contributed by atoms with van der Waals surface area (Å²) in [6, 6.07) is 1.89. The van der Waals surface area contributed by atoms with Gasteiger partial charge in [-0.25, -0.2) is 13.6 Å². The number of carbonyl (C=O) groups is 1. The Hall–Kier alpha value is -2.68. The van der Waals surface area contributed by atoms with Crippen LogP contribution in [0.1, 0.15) is 29.7 Å². The summed E-state index contributed by atoms with van der Waals surface area (Å²) in [5, 5.41) is 9.55. The lowest BCUT2D eigenvalue weighted by Gasteiger charge is -2.31. The number of halogens is 2. The van der Waals surface area contributed by atoms with Crippen LogP contribution in [0.2, 0.25) is 0 Å². The standard InChI is InChI=1S/C18H19F2N3O4/c1-9-6-27-15-13-10(4-11(17(25)26)16(24)23(9)13)5-12(19)14(15)22-3-2-18(20,7-21)8-22/h4-5,9H,2-3,6-8,21H2,1H3,(H,25,26)/t9-,18?/m0/s1. The zero-order chi connectivity index (χ0) is 19.5. The number of alkyl halides is 1. The third kappa shape index (κ3) is 2.56. The molecule has 0 radical (unpaired) electrons. The second-order valence-corrected chi connectivity index (χ2v) is 7.20. The number of anilines is 1. The summed E-state index contributed by atoms with van der Waals surface area (Å²) >= 11 is 0. The SMILES string of the molecule is C[C@H]1COc2c(N3CCC(F)(CN)C3)c(F)cc3cc(C(=O)O)c(=O)n1c23. The molecule has 2 aliphatic rings. The second kappa shape index (κ2) is 5.91. The molecule has 0 bridgehead atoms. The van der Waals surface area contributed by atoms with E-state index in [1.807, 2.05) is 0 Å². The van der Waals surface area contributed by atoms with Crippen molar-refractivity contribution in [3.8, 4) is 5.75 Å². The number of aromatic carboxylic acids is 1. The molecule has 1 saturated heterocycles. The molecule has 0 spiro atoms. The van der Waals surface area contributed by atoms with Crippen LogP contribution in [0.5, 0.6) is 5.75 Å². The molecular weight excluding hydrogens is 360 g/mol. The summed E-state index contributed by atoms with van der Waals surface area (Å²) in [6.07, 6.45) is 0.168. The molecule has 3 N–H and O–H groups in total. The van der Waals surface area contributed by atoms with Crippen molar-refractivity contribution in [2.24, 2.45) is 5.73 Å². The lowest BCUT2D eigenvalue weighted by Crippen LogP contribution is -2.37. The lowest BCUT2D eigenvalue weighted by atomic mass is 10.1. The highest BCUT2D eigenvalue weighted by Gasteiger charge is 2.40. The molecule has 1 aromatic heterocycles. The van der Waals surface area contributed by atoms with Gasteiger partial charge >= 0.3 is 5.97 Å². The van der Waals surface area contributed by atoms with Gasteiger partial charge in [0.1, 0.15) is 23.5 Å². The van der Waals surface area contributed by atoms with Crippen LogP contribution in [0.15, 0.2) is 16.9 Å². The molecule has 0 amide bonds. The van der Waals surface area contributed by atoms with Crippen molar-refractivity contribution in [1.82, 2.24) is 4.57 Å². The van der Waals surface area contributed by atoms with Gasteiger partial charge < -0.3 is 20.5 Å². The van der Waals surface area contributed by atoms with E-state index in [1.165, 1.54) is 15.5 Å². The van der Waals surface area contributed by atoms with Gasteiger partial charge in [0.2, 0.25) is 0 Å². The van der Waals surface area contributed by atoms with Gasteiger partial charge in [-0.1, -0.05) is 0 Å². The van der Waals surface area contributed by atoms with Crippen molar-refractivity contribution in [3.05, 3.63) is 33.9 Å². The number of carboxylic acid groups (broad SMARTS) is 1. The number of hydrogen-bond donors (Lipinski definition) is 2. The summed E-state index contributed by atoms with van der Waals surface area (Å²) in [4.78, 5) is 25.6. The average molecular weight is 379 g/mol. The van der Waals surface area contributed by atoms with Gasteiger partial charge in [0, 0.05) is 24.9 Å². The minimum atomic E-state index is -1.61. The number of pyridine rings is 1. The maximum Gasteiger partial charge on any atom is 0.341 e. The zero-order valence-corrected chi connectivity index (χ0v) is 14.7. The number of carboxylic acids is 1. The predicted molar refractivity (Wildman–Crippen MR) is 95.1 cm³/mol. The van der Waals surface area contributed by atoms with Gasteiger partial charge in [-0.15, -0.1) is 0 Å². The van der Waals surface area contributed by atoms with Crippen LogP contribution in [-0.2, 0) is 0 Å². The predicted octanol–water partition coefficient (Wildman–Crippen LogP) is 1.67. The van der Waals surface area contributed by atoms with E-state index in [9.17, 15) is 23.5 Å². The van der Waals surface area contributed by atoms with Crippen LogP contribution < -0.4 is 20.9 Å². The number of hydrogen-bond acceptors (Lipinski definition) is 5. The first-order valence-corrected chi connectivity index (χ1v) is 8.67. The molecule has 27 heavy (non-hydrogen) atoms. The molecule has 4 rings (SSSR count). The highest BCUT2D eigenvalue weighted by Crippen LogP contribution is 2.44. The molecular formula is C18H19F2N3O4. The first kappa shape index (κ1) is 17.7. The minimum absolute atomic E-state index is 0.0741. The monoisotopic (exact) mass is 379 g/mol. The van der Waals surface area contributed by atoms with E-state index in [0.717, 1.165) is 6.07 Å². The summed E-state index contributed by atoms with van der Waals surface area (Å²) < 4.78 is 36.6. The molecule has 2 aromatic rings. The van der Waals surface area contributed by atoms with Gasteiger partial charge in [0.05, 0.1) is 18.1 Å². The Balaban J connectivity index is 2.00. The van der Waals surface area contributed by atoms with E-state index in [0.29, 0.717) is 5.52 Å². The van der Waals surface area contributed by atoms with Crippen molar-refractivity contribution in [1.29, 1.82) is 0 Å². The maximum absolute atomic E-state index is 15.0. The first-order chi connectivity index (χ1) is 12.8. The molecule has 1 aromatic carbocycles. The van der Waals surface area contributed by atoms with Crippen molar-refractivity contribution in [2.75, 3.05) is 31.1 Å². The molecule has 1 fully saturated rings. The van der Waals surface area contributed by atoms with Gasteiger partial charge in [0.25, 0.3) is 5.56 Å². The first-order valence-electron chi connectivity index (χ1n) is 8.67. The van der Waals surface area contributed by atoms with Gasteiger partial charge in [-0.2, -0.15) is 0 Å². The summed E-state index contributed by atoms with van der Waals surface area (Å²) in [5.74, 6) is -1.90. The Morgan fingerprint density at radius 1 is 1.48 bits per heavy atom. The molecule has 3 heterocycles. The third-order valence-corrected chi connectivity index (χ3v) is 5.33. The fraction of sp³-hybridized carbons (Fsp3) is 0.444. The number of benzene rings is 1. The average Bonchev–Trinajstić information content (AvgIpc) is 3.01. The summed E-state index contributed by atoms with van der Waals surface area (Å²) in [7, 11) is 0. The van der Waals surface area contributed by atoms with Gasteiger partial charge in [-0.05, 0) is 19.1 Å². The fourth-order valence-corrected chi connectivity index (χ4v) is 3.91. The quantitative estimate of drug-likeness (QED) is 0.842. The highest BCUT2D eigenvalue weighted by atomic mass is 19.1. The van der Waals surface area contributed by atoms with E-state index in [4.69, 9.17) is 10.5 Å². The maximum atomic E-state index is 15.0. The molecule has 9 heteroatoms. The Morgan fingerprint density at radius 3 is 2.85 bits per heavy atom. The largest absolute Gasteiger partial charge is 0.487 e. The van der Waals surface area contributed by atoms with Crippen molar-refractivity contribution in [3.63, 3.8) is 0 Å². The van der Waals surface area contributed by atoms with E-state index >= 15 is 0 Å². The molecule has 2 atom stereocenters. The van der Waals surface area contributed by atoms with E-state index < -0.39 is 34.6 Å². The smallest absolute Gasteiger partial charge is 0.341 e. The van der Waals surface area contributed by atoms with Crippen LogP contribution in [0.3, 0.4) is 0 Å². The number of aromatic nitrogens is 1. The van der Waals surface area contributed by atoms with E-state index in [1.54, 1.807) is 6.92 Å². The molecule has 1 unspecified atom stereocenters. The Kier molecular flexibility index (Phi) is 3.88. The Morgan fingerprint density at radius 2 is 2.22 bits per heavy atom. The topological polar surface area (TPSA) is 97.8 Å². The van der Waals surface area contributed by atoms with Crippen molar-refractivity contribution >= 4 is 22.6 Å². The van der Waals surface area contributed by atoms with Crippen LogP contribution >= 0.6 is 0 Å². The summed E-state index contributed by atoms with van der Waals surface area (Å²) in [5.41, 5.74) is 3.19. The summed E-state index contributed by atoms with van der Waals surface area (Å²) in [6.45, 7) is 1.82. The van der Waals surface area contributed by atoms with Crippen LogP contribution in [0.25, 0.3) is 10.9 Å². The molecule has 0 aliphatic carbocycles. The lowest BCUT2D eigenvalue weighted by molar-refractivity contribution is 0.0694. The zero-order valence-electron chi connectivity index (χ0n) is 14.7. The Bertz CT molecular complexity index is 1020. The van der Waals surface area contributed by atoms with Crippen molar-refractivity contribution < 1.29 is 23.4 Å². The van der Waals surface area contributed by atoms with Crippen LogP contribution in [0.4, 0.5) is 14.5 Å².